The molecule has 12 nitrogen and oxygen atoms in total. The standard InChI is InChI=1S/C27H29ClN6O6/c1-33(2)27(38)23-21-18(9-10-29-23)40-24(26(37)31-19-8-5-16(28)13-30-19)22(21)32-25(36)15-3-6-17(7-4-15)34-11-12-39-14-20(34)35/h5,8-10,13,15,17H,3-4,6-7,11-12,14H2,1-2H3,(H,32,36)(H,30,31,37)/t15-,17-. The SMILES string of the molecule is CN(C)C(=O)c1nccc2oc(C(=O)Nc3ccc(Cl)cn3)c(NC(=O)[C@H]3CC[C@H](N4CCOCC4=O)CC3)c12. The predicted octanol–water partition coefficient (Wildman–Crippen LogP) is 3.19. The third-order valence-electron chi connectivity index (χ3n) is 7.16. The maximum absolute atomic E-state index is 13.5. The summed E-state index contributed by atoms with van der Waals surface area (Å²) in [7, 11) is 3.16. The second kappa shape index (κ2) is 11.6. The second-order valence-corrected chi connectivity index (χ2v) is 10.4. The molecule has 3 aromatic rings. The molecule has 0 atom stereocenters. The fourth-order valence-electron chi connectivity index (χ4n) is 5.11. The highest BCUT2D eigenvalue weighted by Crippen LogP contribution is 2.36. The number of nitrogens with zero attached hydrogens (tertiary/aromatic N) is 4. The van der Waals surface area contributed by atoms with Gasteiger partial charge in [-0.2, -0.15) is 0 Å². The van der Waals surface area contributed by atoms with E-state index in [1.54, 1.807) is 20.2 Å². The Morgan fingerprint density at radius 3 is 2.52 bits per heavy atom. The van der Waals surface area contributed by atoms with Gasteiger partial charge in [-0.1, -0.05) is 11.6 Å². The van der Waals surface area contributed by atoms with Crippen LogP contribution in [0.1, 0.15) is 46.7 Å². The molecular weight excluding hydrogens is 540 g/mol. The monoisotopic (exact) mass is 568 g/mol. The van der Waals surface area contributed by atoms with Gasteiger partial charge in [-0.15, -0.1) is 0 Å². The molecule has 2 N–H and O–H groups in total. The van der Waals surface area contributed by atoms with Crippen LogP contribution in [-0.2, 0) is 14.3 Å². The van der Waals surface area contributed by atoms with E-state index in [1.807, 2.05) is 4.90 Å². The Kier molecular flexibility index (Phi) is 7.99. The number of carbonyl (C=O) groups is 4. The highest BCUT2D eigenvalue weighted by Gasteiger charge is 2.34. The number of hydrogen-bond donors (Lipinski definition) is 2. The van der Waals surface area contributed by atoms with Crippen LogP contribution >= 0.6 is 11.6 Å². The third kappa shape index (κ3) is 5.63. The molecule has 0 spiro atoms. The summed E-state index contributed by atoms with van der Waals surface area (Å²) in [6.45, 7) is 1.16. The zero-order valence-electron chi connectivity index (χ0n) is 22.1. The first-order valence-corrected chi connectivity index (χ1v) is 13.3. The second-order valence-electron chi connectivity index (χ2n) is 9.99. The van der Waals surface area contributed by atoms with Crippen LogP contribution in [0, 0.1) is 5.92 Å². The molecule has 210 valence electrons. The third-order valence-corrected chi connectivity index (χ3v) is 7.39. The van der Waals surface area contributed by atoms with Gasteiger partial charge in [0.05, 0.1) is 17.0 Å². The topological polar surface area (TPSA) is 147 Å². The number of anilines is 2. The average molecular weight is 569 g/mol. The molecule has 1 aliphatic carbocycles. The quantitative estimate of drug-likeness (QED) is 0.461. The normalized spacial score (nSPS) is 19.4. The molecule has 1 saturated carbocycles. The minimum Gasteiger partial charge on any atom is -0.448 e. The van der Waals surface area contributed by atoms with Crippen LogP contribution in [0.25, 0.3) is 11.0 Å². The van der Waals surface area contributed by atoms with E-state index in [0.717, 1.165) is 0 Å². The highest BCUT2D eigenvalue weighted by atomic mass is 35.5. The lowest BCUT2D eigenvalue weighted by Gasteiger charge is -2.38. The van der Waals surface area contributed by atoms with Gasteiger partial charge < -0.3 is 29.6 Å². The minimum atomic E-state index is -0.667. The van der Waals surface area contributed by atoms with E-state index in [-0.39, 0.29) is 64.3 Å². The van der Waals surface area contributed by atoms with Crippen molar-refractivity contribution in [2.45, 2.75) is 31.7 Å². The first kappa shape index (κ1) is 27.5. The maximum atomic E-state index is 13.5. The highest BCUT2D eigenvalue weighted by molar-refractivity contribution is 6.30. The lowest BCUT2D eigenvalue weighted by molar-refractivity contribution is -0.146. The van der Waals surface area contributed by atoms with Gasteiger partial charge in [-0.3, -0.25) is 24.2 Å². The van der Waals surface area contributed by atoms with Crippen LogP contribution in [0.2, 0.25) is 5.02 Å². The first-order chi connectivity index (χ1) is 19.2. The van der Waals surface area contributed by atoms with Crippen molar-refractivity contribution in [2.24, 2.45) is 5.92 Å². The summed E-state index contributed by atoms with van der Waals surface area (Å²) in [6, 6.07) is 4.70. The van der Waals surface area contributed by atoms with Crippen molar-refractivity contribution >= 4 is 57.7 Å². The van der Waals surface area contributed by atoms with E-state index < -0.39 is 11.8 Å². The number of ether oxygens (including phenoxy) is 1. The van der Waals surface area contributed by atoms with E-state index in [2.05, 4.69) is 20.6 Å². The van der Waals surface area contributed by atoms with Crippen LogP contribution in [0.3, 0.4) is 0 Å². The number of halogens is 1. The van der Waals surface area contributed by atoms with Crippen molar-refractivity contribution in [3.63, 3.8) is 0 Å². The summed E-state index contributed by atoms with van der Waals surface area (Å²) in [4.78, 5) is 63.6. The van der Waals surface area contributed by atoms with E-state index in [0.29, 0.717) is 43.9 Å². The summed E-state index contributed by atoms with van der Waals surface area (Å²) < 4.78 is 11.1. The summed E-state index contributed by atoms with van der Waals surface area (Å²) in [5.41, 5.74) is 0.328. The Balaban J connectivity index is 1.42. The Morgan fingerprint density at radius 2 is 1.85 bits per heavy atom. The van der Waals surface area contributed by atoms with Gasteiger partial charge in [0.1, 0.15) is 29.4 Å². The van der Waals surface area contributed by atoms with Crippen molar-refractivity contribution in [2.75, 3.05) is 44.5 Å². The lowest BCUT2D eigenvalue weighted by atomic mass is 9.84. The molecule has 5 rings (SSSR count). The fraction of sp³-hybridized carbons (Fsp3) is 0.407. The molecule has 4 heterocycles. The van der Waals surface area contributed by atoms with Gasteiger partial charge in [0.2, 0.25) is 17.6 Å². The molecule has 2 aliphatic rings. The molecule has 1 saturated heterocycles. The van der Waals surface area contributed by atoms with Gasteiger partial charge in [-0.25, -0.2) is 4.98 Å². The molecule has 1 aliphatic heterocycles. The van der Waals surface area contributed by atoms with E-state index >= 15 is 0 Å². The van der Waals surface area contributed by atoms with Crippen molar-refractivity contribution in [1.29, 1.82) is 0 Å². The van der Waals surface area contributed by atoms with Gasteiger partial charge in [-0.05, 0) is 43.9 Å². The summed E-state index contributed by atoms with van der Waals surface area (Å²) in [5.74, 6) is -1.72. The number of nitrogens with one attached hydrogen (secondary N) is 2. The molecule has 13 heteroatoms. The van der Waals surface area contributed by atoms with Crippen molar-refractivity contribution < 1.29 is 28.3 Å². The van der Waals surface area contributed by atoms with Crippen LogP contribution in [0.15, 0.2) is 35.0 Å². The van der Waals surface area contributed by atoms with Crippen LogP contribution in [-0.4, -0.2) is 83.3 Å². The fourth-order valence-corrected chi connectivity index (χ4v) is 5.22. The lowest BCUT2D eigenvalue weighted by Crippen LogP contribution is -2.49. The Labute approximate surface area is 235 Å². The van der Waals surface area contributed by atoms with Crippen LogP contribution < -0.4 is 10.6 Å². The van der Waals surface area contributed by atoms with E-state index in [9.17, 15) is 19.2 Å². The number of rotatable bonds is 6. The zero-order valence-corrected chi connectivity index (χ0v) is 22.9. The number of fused-ring (bicyclic) bond motifs is 1. The maximum Gasteiger partial charge on any atom is 0.294 e. The molecule has 0 unspecified atom stereocenters. The van der Waals surface area contributed by atoms with E-state index in [1.165, 1.54) is 29.4 Å². The molecule has 0 aromatic carbocycles. The summed E-state index contributed by atoms with van der Waals surface area (Å²) >= 11 is 5.90. The number of aromatic nitrogens is 2. The minimum absolute atomic E-state index is 0.0274. The van der Waals surface area contributed by atoms with Gasteiger partial charge in [0, 0.05) is 45.0 Å². The number of carbonyl (C=O) groups excluding carboxylic acids is 4. The predicted molar refractivity (Wildman–Crippen MR) is 146 cm³/mol. The number of amides is 4. The van der Waals surface area contributed by atoms with Crippen LogP contribution in [0.5, 0.6) is 0 Å². The number of pyridine rings is 2. The zero-order chi connectivity index (χ0) is 28.4. The first-order valence-electron chi connectivity index (χ1n) is 13.0. The molecule has 3 aromatic heterocycles. The molecule has 0 bridgehead atoms. The smallest absolute Gasteiger partial charge is 0.294 e. The van der Waals surface area contributed by atoms with Crippen LogP contribution in [0.4, 0.5) is 11.5 Å². The molecule has 40 heavy (non-hydrogen) atoms. The van der Waals surface area contributed by atoms with Crippen molar-refractivity contribution in [3.05, 3.63) is 47.1 Å². The van der Waals surface area contributed by atoms with Gasteiger partial charge >= 0.3 is 0 Å². The van der Waals surface area contributed by atoms with E-state index in [4.69, 9.17) is 20.8 Å². The Hall–Kier alpha value is -4.03. The largest absolute Gasteiger partial charge is 0.448 e. The van der Waals surface area contributed by atoms with Crippen molar-refractivity contribution in [3.8, 4) is 0 Å². The van der Waals surface area contributed by atoms with Crippen molar-refractivity contribution in [1.82, 2.24) is 19.8 Å². The molecule has 0 radical (unpaired) electrons. The molecule has 4 amide bonds. The molecule has 2 fully saturated rings. The Morgan fingerprint density at radius 1 is 1.07 bits per heavy atom. The van der Waals surface area contributed by atoms with Gasteiger partial charge in [0.15, 0.2) is 0 Å². The average Bonchev–Trinajstić information content (AvgIpc) is 3.32. The van der Waals surface area contributed by atoms with Gasteiger partial charge in [0.25, 0.3) is 11.8 Å². The summed E-state index contributed by atoms with van der Waals surface area (Å²) in [5, 5.41) is 6.15. The summed E-state index contributed by atoms with van der Waals surface area (Å²) in [6.07, 6.45) is 5.28. The number of morpholine rings is 1. The number of hydrogen-bond acceptors (Lipinski definition) is 8. The Bertz CT molecular complexity index is 1450. The number of furan rings is 1. The molecular formula is C27H29ClN6O6.